The fraction of sp³-hybridized carbons (Fsp3) is 0.818. The predicted molar refractivity (Wildman–Crippen MR) is 54.3 cm³/mol. The van der Waals surface area contributed by atoms with Crippen LogP contribution < -0.4 is 5.32 Å². The molecule has 1 aliphatic carbocycles. The minimum atomic E-state index is -0.303. The zero-order valence-electron chi connectivity index (χ0n) is 8.51. The van der Waals surface area contributed by atoms with Crippen molar-refractivity contribution in [2.24, 2.45) is 0 Å². The van der Waals surface area contributed by atoms with Crippen LogP contribution in [0.1, 0.15) is 39.5 Å². The molecule has 1 saturated carbocycles. The summed E-state index contributed by atoms with van der Waals surface area (Å²) in [7, 11) is 0. The van der Waals surface area contributed by atoms with Crippen LogP contribution in [0.4, 0.5) is 0 Å². The first-order valence-corrected chi connectivity index (χ1v) is 4.99. The molecule has 1 fully saturated rings. The maximum Gasteiger partial charge on any atom is 0.0744 e. The van der Waals surface area contributed by atoms with E-state index in [2.05, 4.69) is 11.2 Å². The Morgan fingerprint density at radius 3 is 2.54 bits per heavy atom. The number of terminal acetylenes is 1. The quantitative estimate of drug-likeness (QED) is 0.629. The average Bonchev–Trinajstić information content (AvgIpc) is 2.09. The van der Waals surface area contributed by atoms with E-state index in [1.165, 1.54) is 6.42 Å². The minimum absolute atomic E-state index is 0.180. The van der Waals surface area contributed by atoms with Crippen molar-refractivity contribution in [2.45, 2.75) is 57.2 Å². The Kier molecular flexibility index (Phi) is 3.35. The van der Waals surface area contributed by atoms with Crippen LogP contribution in [0.5, 0.6) is 0 Å². The van der Waals surface area contributed by atoms with Crippen molar-refractivity contribution >= 4 is 0 Å². The molecule has 0 aromatic carbocycles. The Morgan fingerprint density at radius 2 is 2.00 bits per heavy atom. The third kappa shape index (κ3) is 3.02. The molecule has 1 aliphatic rings. The first-order chi connectivity index (χ1) is 6.05. The Balaban J connectivity index is 2.48. The Bertz CT molecular complexity index is 205. The van der Waals surface area contributed by atoms with E-state index in [0.29, 0.717) is 0 Å². The van der Waals surface area contributed by atoms with Crippen LogP contribution in [0, 0.1) is 12.3 Å². The molecule has 13 heavy (non-hydrogen) atoms. The number of rotatable bonds is 2. The van der Waals surface area contributed by atoms with Gasteiger partial charge in [0.1, 0.15) is 0 Å². The number of aliphatic hydroxyl groups excluding tert-OH is 1. The molecular weight excluding hydrogens is 162 g/mol. The van der Waals surface area contributed by atoms with Crippen LogP contribution in [0.25, 0.3) is 0 Å². The number of aliphatic hydroxyl groups is 1. The number of nitrogens with one attached hydrogen (secondary N) is 1. The normalized spacial score (nSPS) is 29.7. The average molecular weight is 181 g/mol. The van der Waals surface area contributed by atoms with E-state index in [-0.39, 0.29) is 17.7 Å². The molecule has 1 rings (SSSR count). The van der Waals surface area contributed by atoms with Crippen LogP contribution in [-0.4, -0.2) is 22.8 Å². The lowest BCUT2D eigenvalue weighted by Crippen LogP contribution is -2.51. The van der Waals surface area contributed by atoms with Gasteiger partial charge in [0.15, 0.2) is 0 Å². The summed E-state index contributed by atoms with van der Waals surface area (Å²) in [5, 5.41) is 13.0. The molecule has 0 saturated heterocycles. The molecule has 0 heterocycles. The fourth-order valence-electron chi connectivity index (χ4n) is 1.78. The van der Waals surface area contributed by atoms with Crippen molar-refractivity contribution in [3.8, 4) is 12.3 Å². The Hall–Kier alpha value is -0.520. The van der Waals surface area contributed by atoms with Crippen molar-refractivity contribution in [3.63, 3.8) is 0 Å². The van der Waals surface area contributed by atoms with Gasteiger partial charge in [-0.25, -0.2) is 0 Å². The summed E-state index contributed by atoms with van der Waals surface area (Å²) < 4.78 is 0. The van der Waals surface area contributed by atoms with Gasteiger partial charge in [-0.2, -0.15) is 0 Å². The van der Waals surface area contributed by atoms with E-state index < -0.39 is 0 Å². The second-order valence-corrected chi connectivity index (χ2v) is 4.37. The predicted octanol–water partition coefficient (Wildman–Crippen LogP) is 1.29. The zero-order valence-corrected chi connectivity index (χ0v) is 8.51. The SMILES string of the molecule is C#CC(C)(C)N[C@H]1CCCC[C@@H]1O. The lowest BCUT2D eigenvalue weighted by Gasteiger charge is -2.33. The summed E-state index contributed by atoms with van der Waals surface area (Å²) in [6.45, 7) is 3.93. The molecule has 0 radical (unpaired) electrons. The van der Waals surface area contributed by atoms with Gasteiger partial charge in [-0.15, -0.1) is 6.42 Å². The first-order valence-electron chi connectivity index (χ1n) is 4.99. The second-order valence-electron chi connectivity index (χ2n) is 4.37. The van der Waals surface area contributed by atoms with Crippen LogP contribution in [0.15, 0.2) is 0 Å². The molecule has 2 atom stereocenters. The number of hydrogen-bond acceptors (Lipinski definition) is 2. The van der Waals surface area contributed by atoms with Crippen LogP contribution in [0.3, 0.4) is 0 Å². The third-order valence-corrected chi connectivity index (χ3v) is 2.64. The third-order valence-electron chi connectivity index (χ3n) is 2.64. The molecule has 74 valence electrons. The van der Waals surface area contributed by atoms with Gasteiger partial charge in [0.2, 0.25) is 0 Å². The highest BCUT2D eigenvalue weighted by Crippen LogP contribution is 2.20. The highest BCUT2D eigenvalue weighted by atomic mass is 16.3. The largest absolute Gasteiger partial charge is 0.392 e. The van der Waals surface area contributed by atoms with E-state index in [1.807, 2.05) is 13.8 Å². The van der Waals surface area contributed by atoms with Gasteiger partial charge in [0.05, 0.1) is 11.6 Å². The van der Waals surface area contributed by atoms with E-state index in [9.17, 15) is 5.11 Å². The molecule has 0 aromatic heterocycles. The van der Waals surface area contributed by atoms with Gasteiger partial charge >= 0.3 is 0 Å². The van der Waals surface area contributed by atoms with E-state index in [1.54, 1.807) is 0 Å². The molecule has 0 spiro atoms. The van der Waals surface area contributed by atoms with Gasteiger partial charge in [0, 0.05) is 6.04 Å². The maximum atomic E-state index is 9.70. The molecule has 2 heteroatoms. The highest BCUT2D eigenvalue weighted by molar-refractivity contribution is 5.09. The summed E-state index contributed by atoms with van der Waals surface area (Å²) in [6, 6.07) is 0.180. The van der Waals surface area contributed by atoms with Crippen molar-refractivity contribution in [1.82, 2.24) is 5.32 Å². The van der Waals surface area contributed by atoms with Crippen LogP contribution >= 0.6 is 0 Å². The smallest absolute Gasteiger partial charge is 0.0744 e. The van der Waals surface area contributed by atoms with E-state index in [4.69, 9.17) is 6.42 Å². The van der Waals surface area contributed by atoms with Crippen LogP contribution in [-0.2, 0) is 0 Å². The lowest BCUT2D eigenvalue weighted by atomic mass is 9.90. The molecule has 0 aromatic rings. The topological polar surface area (TPSA) is 32.3 Å². The summed E-state index contributed by atoms with van der Waals surface area (Å²) in [4.78, 5) is 0. The fourth-order valence-corrected chi connectivity index (χ4v) is 1.78. The summed E-state index contributed by atoms with van der Waals surface area (Å²) >= 11 is 0. The van der Waals surface area contributed by atoms with Gasteiger partial charge < -0.3 is 5.11 Å². The zero-order chi connectivity index (χ0) is 9.90. The number of hydrogen-bond donors (Lipinski definition) is 2. The van der Waals surface area contributed by atoms with Crippen molar-refractivity contribution < 1.29 is 5.11 Å². The highest BCUT2D eigenvalue weighted by Gasteiger charge is 2.27. The minimum Gasteiger partial charge on any atom is -0.392 e. The molecule has 0 unspecified atom stereocenters. The van der Waals surface area contributed by atoms with Crippen molar-refractivity contribution in [3.05, 3.63) is 0 Å². The molecule has 0 amide bonds. The molecule has 0 aliphatic heterocycles. The standard InChI is InChI=1S/C11H19NO/c1-4-11(2,3)12-9-7-5-6-8-10(9)13/h1,9-10,12-13H,5-8H2,2-3H3/t9-,10-/m0/s1. The van der Waals surface area contributed by atoms with Crippen LogP contribution in [0.2, 0.25) is 0 Å². The first kappa shape index (κ1) is 10.6. The maximum absolute atomic E-state index is 9.70. The van der Waals surface area contributed by atoms with Gasteiger partial charge in [0.25, 0.3) is 0 Å². The Morgan fingerprint density at radius 1 is 1.38 bits per heavy atom. The Labute approximate surface area is 80.7 Å². The lowest BCUT2D eigenvalue weighted by molar-refractivity contribution is 0.0820. The molecule has 0 bridgehead atoms. The summed E-state index contributed by atoms with van der Waals surface area (Å²) in [5.41, 5.74) is -0.303. The summed E-state index contributed by atoms with van der Waals surface area (Å²) in [6.07, 6.45) is 9.41. The molecular formula is C11H19NO. The van der Waals surface area contributed by atoms with E-state index in [0.717, 1.165) is 19.3 Å². The monoisotopic (exact) mass is 181 g/mol. The molecule has 2 nitrogen and oxygen atoms in total. The van der Waals surface area contributed by atoms with E-state index >= 15 is 0 Å². The van der Waals surface area contributed by atoms with Crippen molar-refractivity contribution in [2.75, 3.05) is 0 Å². The van der Waals surface area contributed by atoms with Crippen molar-refractivity contribution in [1.29, 1.82) is 0 Å². The van der Waals surface area contributed by atoms with Gasteiger partial charge in [-0.3, -0.25) is 5.32 Å². The van der Waals surface area contributed by atoms with Gasteiger partial charge in [-0.05, 0) is 26.7 Å². The molecule has 2 N–H and O–H groups in total. The summed E-state index contributed by atoms with van der Waals surface area (Å²) in [5.74, 6) is 2.69. The second kappa shape index (κ2) is 4.13. The van der Waals surface area contributed by atoms with Gasteiger partial charge in [-0.1, -0.05) is 18.8 Å².